The lowest BCUT2D eigenvalue weighted by molar-refractivity contribution is 0.710. The molecule has 2 heteroatoms. The quantitative estimate of drug-likeness (QED) is 0.639. The van der Waals surface area contributed by atoms with Gasteiger partial charge in [-0.05, 0) is 92.6 Å². The minimum Gasteiger partial charge on any atom is -0.0496 e. The second-order valence-electron chi connectivity index (χ2n) is 4.52. The van der Waals surface area contributed by atoms with Crippen LogP contribution < -0.4 is 0 Å². The van der Waals surface area contributed by atoms with Gasteiger partial charge in [-0.1, -0.05) is 0 Å². The molecule has 0 N–H and O–H groups in total. The van der Waals surface area contributed by atoms with Crippen molar-refractivity contribution in [1.29, 1.82) is 0 Å². The van der Waals surface area contributed by atoms with Gasteiger partial charge in [0.1, 0.15) is 0 Å². The summed E-state index contributed by atoms with van der Waals surface area (Å²) in [5.41, 5.74) is 4.73. The predicted molar refractivity (Wildman–Crippen MR) is 65.9 cm³/mol. The lowest BCUT2D eigenvalue weighted by Crippen LogP contribution is -2.02. The Bertz CT molecular complexity index is 409. The first-order chi connectivity index (χ1) is 6.68. The van der Waals surface area contributed by atoms with E-state index in [9.17, 15) is 0 Å². The van der Waals surface area contributed by atoms with E-state index in [4.69, 9.17) is 0 Å². The molecule has 0 aromatic heterocycles. The third-order valence-electron chi connectivity index (χ3n) is 3.75. The second-order valence-corrected chi connectivity index (χ2v) is 6.17. The van der Waals surface area contributed by atoms with Crippen molar-refractivity contribution < 1.29 is 0 Å². The molecule has 0 heterocycles. The first-order valence-corrected chi connectivity index (χ1v) is 6.75. The summed E-state index contributed by atoms with van der Waals surface area (Å²) in [5.74, 6) is 1.69. The molecule has 0 radical (unpaired) electrons. The summed E-state index contributed by atoms with van der Waals surface area (Å²) in [4.78, 5) is 0. The second kappa shape index (κ2) is 3.08. The van der Waals surface area contributed by atoms with Gasteiger partial charge < -0.3 is 0 Å². The maximum atomic E-state index is 3.72. The number of rotatable bonds is 0. The molecular weight excluding hydrogens is 304 g/mol. The summed E-state index contributed by atoms with van der Waals surface area (Å²) in [6.07, 6.45) is 4.20. The highest BCUT2D eigenvalue weighted by Crippen LogP contribution is 2.57. The number of aryl methyl sites for hydroxylation is 1. The highest BCUT2D eigenvalue weighted by atomic mass is 79.9. The Kier molecular flexibility index (Phi) is 2.07. The molecule has 14 heavy (non-hydrogen) atoms. The van der Waals surface area contributed by atoms with Crippen molar-refractivity contribution in [2.45, 2.75) is 38.0 Å². The van der Waals surface area contributed by atoms with Crippen molar-refractivity contribution in [3.63, 3.8) is 0 Å². The summed E-state index contributed by atoms with van der Waals surface area (Å²) >= 11 is 7.34. The van der Waals surface area contributed by atoms with Crippen molar-refractivity contribution in [3.05, 3.63) is 31.7 Å². The Morgan fingerprint density at radius 1 is 1.14 bits per heavy atom. The fourth-order valence-corrected chi connectivity index (χ4v) is 4.45. The normalized spacial score (nSPS) is 28.2. The zero-order valence-corrected chi connectivity index (χ0v) is 11.3. The van der Waals surface area contributed by atoms with Gasteiger partial charge >= 0.3 is 0 Å². The zero-order chi connectivity index (χ0) is 9.87. The summed E-state index contributed by atoms with van der Waals surface area (Å²) in [5, 5.41) is 0. The van der Waals surface area contributed by atoms with Crippen LogP contribution in [0.2, 0.25) is 0 Å². The maximum Gasteiger partial charge on any atom is 0.0355 e. The van der Waals surface area contributed by atoms with Crippen LogP contribution in [0.5, 0.6) is 0 Å². The van der Waals surface area contributed by atoms with Gasteiger partial charge in [0.2, 0.25) is 0 Å². The van der Waals surface area contributed by atoms with Crippen LogP contribution >= 0.6 is 31.9 Å². The summed E-state index contributed by atoms with van der Waals surface area (Å²) in [6, 6.07) is 2.25. The van der Waals surface area contributed by atoms with E-state index in [0.29, 0.717) is 0 Å². The molecule has 0 spiro atoms. The van der Waals surface area contributed by atoms with Gasteiger partial charge in [-0.3, -0.25) is 0 Å². The molecule has 1 aromatic rings. The zero-order valence-electron chi connectivity index (χ0n) is 8.11. The van der Waals surface area contributed by atoms with Gasteiger partial charge in [-0.15, -0.1) is 0 Å². The van der Waals surface area contributed by atoms with Crippen molar-refractivity contribution in [2.75, 3.05) is 0 Å². The topological polar surface area (TPSA) is 0 Å². The minimum absolute atomic E-state index is 0.834. The molecule has 0 saturated heterocycles. The molecule has 2 aliphatic rings. The van der Waals surface area contributed by atoms with Crippen LogP contribution in [0.15, 0.2) is 15.0 Å². The molecule has 2 bridgehead atoms. The number of fused-ring (bicyclic) bond motifs is 5. The minimum atomic E-state index is 0.834. The van der Waals surface area contributed by atoms with Crippen molar-refractivity contribution >= 4 is 31.9 Å². The summed E-state index contributed by atoms with van der Waals surface area (Å²) in [7, 11) is 0. The predicted octanol–water partition coefficient (Wildman–Crippen LogP) is 4.88. The van der Waals surface area contributed by atoms with Crippen LogP contribution in [-0.4, -0.2) is 0 Å². The molecule has 2 aliphatic carbocycles. The molecular formula is C12H12Br2. The average molecular weight is 316 g/mol. The van der Waals surface area contributed by atoms with Crippen LogP contribution in [0.4, 0.5) is 0 Å². The van der Waals surface area contributed by atoms with E-state index in [0.717, 1.165) is 11.8 Å². The highest BCUT2D eigenvalue weighted by Gasteiger charge is 2.39. The van der Waals surface area contributed by atoms with Gasteiger partial charge in [0, 0.05) is 8.95 Å². The summed E-state index contributed by atoms with van der Waals surface area (Å²) in [6.45, 7) is 2.25. The number of hydrogen-bond acceptors (Lipinski definition) is 0. The molecule has 1 aromatic carbocycles. The summed E-state index contributed by atoms with van der Waals surface area (Å²) < 4.78 is 2.53. The lowest BCUT2D eigenvalue weighted by atomic mass is 9.89. The van der Waals surface area contributed by atoms with Gasteiger partial charge in [-0.25, -0.2) is 0 Å². The van der Waals surface area contributed by atoms with Crippen LogP contribution in [0, 0.1) is 6.92 Å². The van der Waals surface area contributed by atoms with E-state index in [-0.39, 0.29) is 0 Å². The monoisotopic (exact) mass is 314 g/mol. The van der Waals surface area contributed by atoms with Crippen LogP contribution in [-0.2, 0) is 0 Å². The van der Waals surface area contributed by atoms with E-state index >= 15 is 0 Å². The molecule has 2 unspecified atom stereocenters. The van der Waals surface area contributed by atoms with Crippen molar-refractivity contribution in [3.8, 4) is 0 Å². The third-order valence-corrected chi connectivity index (χ3v) is 5.77. The molecule has 1 saturated carbocycles. The third kappa shape index (κ3) is 1.10. The maximum absolute atomic E-state index is 3.72. The number of hydrogen-bond donors (Lipinski definition) is 0. The molecule has 0 nitrogen and oxygen atoms in total. The van der Waals surface area contributed by atoms with Crippen molar-refractivity contribution in [2.24, 2.45) is 0 Å². The van der Waals surface area contributed by atoms with Gasteiger partial charge in [0.25, 0.3) is 0 Å². The molecule has 1 fully saturated rings. The van der Waals surface area contributed by atoms with E-state index < -0.39 is 0 Å². The standard InChI is InChI=1S/C12H12Br2/c1-6-4-9(13)12(14)11-8-3-2-7(5-8)10(6)11/h4,7-8H,2-3,5H2,1H3. The molecule has 2 atom stereocenters. The smallest absolute Gasteiger partial charge is 0.0355 e. The SMILES string of the molecule is Cc1cc(Br)c(Br)c2c1C1CCC2C1. The van der Waals surface area contributed by atoms with Crippen LogP contribution in [0.1, 0.15) is 47.8 Å². The van der Waals surface area contributed by atoms with Gasteiger partial charge in [-0.2, -0.15) is 0 Å². The molecule has 3 rings (SSSR count). The molecule has 74 valence electrons. The number of benzene rings is 1. The number of halogens is 2. The first-order valence-electron chi connectivity index (χ1n) is 5.17. The van der Waals surface area contributed by atoms with Crippen molar-refractivity contribution in [1.82, 2.24) is 0 Å². The average Bonchev–Trinajstić information content (AvgIpc) is 2.73. The van der Waals surface area contributed by atoms with Crippen LogP contribution in [0.25, 0.3) is 0 Å². The fourth-order valence-electron chi connectivity index (χ4n) is 3.24. The Morgan fingerprint density at radius 2 is 1.79 bits per heavy atom. The van der Waals surface area contributed by atoms with E-state index in [1.165, 1.54) is 33.8 Å². The van der Waals surface area contributed by atoms with E-state index in [1.807, 2.05) is 0 Å². The lowest BCUT2D eigenvalue weighted by Gasteiger charge is -2.20. The largest absolute Gasteiger partial charge is 0.0496 e. The Balaban J connectivity index is 2.32. The fraction of sp³-hybridized carbons (Fsp3) is 0.500. The van der Waals surface area contributed by atoms with Gasteiger partial charge in [0.15, 0.2) is 0 Å². The Labute approximate surface area is 101 Å². The van der Waals surface area contributed by atoms with E-state index in [2.05, 4.69) is 44.8 Å². The Morgan fingerprint density at radius 3 is 2.50 bits per heavy atom. The van der Waals surface area contributed by atoms with Crippen LogP contribution in [0.3, 0.4) is 0 Å². The van der Waals surface area contributed by atoms with E-state index in [1.54, 1.807) is 11.1 Å². The molecule has 0 amide bonds. The Hall–Kier alpha value is 0.180. The van der Waals surface area contributed by atoms with Gasteiger partial charge in [0.05, 0.1) is 0 Å². The molecule has 0 aliphatic heterocycles. The first kappa shape index (κ1) is 9.41. The highest BCUT2D eigenvalue weighted by molar-refractivity contribution is 9.13.